The standard InChI is InChI=1S/C27H28N2O5S/c1-16-8-10-19(11-9-16)15-34-21-7-5-6-20(14-21)23-22(24(30)26-17(2)28-18(3)35-26)25(31)27(32)29(23)12-13-33-4/h5-11,14,23,31H,12-13,15H2,1-4H3. The number of rotatable bonds is 9. The van der Waals surface area contributed by atoms with Crippen LogP contribution in [-0.2, 0) is 16.1 Å². The quantitative estimate of drug-likeness (QED) is 0.429. The molecule has 3 aromatic rings. The summed E-state index contributed by atoms with van der Waals surface area (Å²) < 4.78 is 11.2. The van der Waals surface area contributed by atoms with Gasteiger partial charge in [-0.15, -0.1) is 11.3 Å². The van der Waals surface area contributed by atoms with Crippen LogP contribution >= 0.6 is 11.3 Å². The first-order chi connectivity index (χ1) is 16.8. The largest absolute Gasteiger partial charge is 0.503 e. The number of ketones is 1. The van der Waals surface area contributed by atoms with E-state index in [1.807, 2.05) is 62.4 Å². The predicted octanol–water partition coefficient (Wildman–Crippen LogP) is 4.87. The third-order valence-electron chi connectivity index (χ3n) is 5.89. The van der Waals surface area contributed by atoms with Gasteiger partial charge in [0.15, 0.2) is 5.76 Å². The first kappa shape index (κ1) is 24.6. The van der Waals surface area contributed by atoms with Crippen molar-refractivity contribution in [2.45, 2.75) is 33.4 Å². The lowest BCUT2D eigenvalue weighted by molar-refractivity contribution is -0.130. The van der Waals surface area contributed by atoms with Gasteiger partial charge in [-0.1, -0.05) is 42.0 Å². The first-order valence-electron chi connectivity index (χ1n) is 11.3. The zero-order valence-corrected chi connectivity index (χ0v) is 21.0. The van der Waals surface area contributed by atoms with E-state index in [0.717, 1.165) is 10.6 Å². The number of thiazole rings is 1. The number of hydrogen-bond acceptors (Lipinski definition) is 7. The van der Waals surface area contributed by atoms with Crippen LogP contribution < -0.4 is 4.74 Å². The van der Waals surface area contributed by atoms with Crippen molar-refractivity contribution in [3.63, 3.8) is 0 Å². The molecular formula is C27H28N2O5S. The molecular weight excluding hydrogens is 464 g/mol. The monoisotopic (exact) mass is 492 g/mol. The van der Waals surface area contributed by atoms with Crippen LogP contribution in [0.4, 0.5) is 0 Å². The second kappa shape index (κ2) is 10.4. The molecule has 2 aromatic carbocycles. The lowest BCUT2D eigenvalue weighted by atomic mass is 9.95. The van der Waals surface area contributed by atoms with E-state index in [2.05, 4.69) is 4.98 Å². The Morgan fingerprint density at radius 2 is 1.89 bits per heavy atom. The Morgan fingerprint density at radius 1 is 1.14 bits per heavy atom. The minimum atomic E-state index is -0.769. The topological polar surface area (TPSA) is 89.0 Å². The molecule has 1 atom stereocenters. The summed E-state index contributed by atoms with van der Waals surface area (Å²) >= 11 is 1.25. The molecule has 8 heteroatoms. The molecule has 1 unspecified atom stereocenters. The summed E-state index contributed by atoms with van der Waals surface area (Å²) in [4.78, 5) is 32.8. The van der Waals surface area contributed by atoms with E-state index in [-0.39, 0.29) is 18.7 Å². The Kier molecular flexibility index (Phi) is 7.33. The van der Waals surface area contributed by atoms with Crippen molar-refractivity contribution in [2.24, 2.45) is 0 Å². The summed E-state index contributed by atoms with van der Waals surface area (Å²) in [6.45, 7) is 6.47. The van der Waals surface area contributed by atoms with E-state index in [9.17, 15) is 14.7 Å². The van der Waals surface area contributed by atoms with Gasteiger partial charge in [0.25, 0.3) is 5.91 Å². The molecule has 1 aromatic heterocycles. The molecule has 0 bridgehead atoms. The summed E-state index contributed by atoms with van der Waals surface area (Å²) in [7, 11) is 1.54. The van der Waals surface area contributed by atoms with E-state index in [0.29, 0.717) is 28.5 Å². The zero-order valence-electron chi connectivity index (χ0n) is 20.2. The van der Waals surface area contributed by atoms with E-state index in [4.69, 9.17) is 9.47 Å². The fourth-order valence-corrected chi connectivity index (χ4v) is 5.02. The van der Waals surface area contributed by atoms with Gasteiger partial charge in [0.05, 0.1) is 33.8 Å². The second-order valence-electron chi connectivity index (χ2n) is 8.48. The summed E-state index contributed by atoms with van der Waals surface area (Å²) in [5, 5.41) is 11.6. The average Bonchev–Trinajstić information content (AvgIpc) is 3.32. The fraction of sp³-hybridized carbons (Fsp3) is 0.296. The highest BCUT2D eigenvalue weighted by Gasteiger charge is 2.44. The second-order valence-corrected chi connectivity index (χ2v) is 9.68. The van der Waals surface area contributed by atoms with Crippen molar-refractivity contribution >= 4 is 23.0 Å². The van der Waals surface area contributed by atoms with Gasteiger partial charge in [0, 0.05) is 13.7 Å². The lowest BCUT2D eigenvalue weighted by Crippen LogP contribution is -2.34. The molecule has 0 saturated carbocycles. The minimum absolute atomic E-state index is 0.0496. The summed E-state index contributed by atoms with van der Waals surface area (Å²) in [6.07, 6.45) is 0. The van der Waals surface area contributed by atoms with E-state index in [1.54, 1.807) is 6.92 Å². The molecule has 7 nitrogen and oxygen atoms in total. The number of carbonyl (C=O) groups excluding carboxylic acids is 2. The van der Waals surface area contributed by atoms with E-state index < -0.39 is 23.5 Å². The van der Waals surface area contributed by atoms with E-state index in [1.165, 1.54) is 28.9 Å². The summed E-state index contributed by atoms with van der Waals surface area (Å²) in [5.41, 5.74) is 3.50. The van der Waals surface area contributed by atoms with Gasteiger partial charge in [-0.05, 0) is 44.0 Å². The van der Waals surface area contributed by atoms with Gasteiger partial charge in [-0.3, -0.25) is 9.59 Å². The molecule has 2 heterocycles. The molecule has 1 N–H and O–H groups in total. The Bertz CT molecular complexity index is 1280. The van der Waals surface area contributed by atoms with Crippen molar-refractivity contribution < 1.29 is 24.2 Å². The van der Waals surface area contributed by atoms with Gasteiger partial charge in [-0.2, -0.15) is 0 Å². The van der Waals surface area contributed by atoms with Gasteiger partial charge >= 0.3 is 0 Å². The van der Waals surface area contributed by atoms with Crippen LogP contribution in [0.15, 0.2) is 59.9 Å². The molecule has 35 heavy (non-hydrogen) atoms. The van der Waals surface area contributed by atoms with Crippen LogP contribution in [0.2, 0.25) is 0 Å². The smallest absolute Gasteiger partial charge is 0.290 e. The third kappa shape index (κ3) is 5.13. The van der Waals surface area contributed by atoms with Gasteiger partial charge in [-0.25, -0.2) is 4.98 Å². The Labute approximate surface area is 208 Å². The SMILES string of the molecule is COCCN1C(=O)C(O)=C(C(=O)c2sc(C)nc2C)C1c1cccc(OCc2ccc(C)cc2)c1. The molecule has 4 rings (SSSR count). The number of amides is 1. The zero-order chi connectivity index (χ0) is 25.1. The summed E-state index contributed by atoms with van der Waals surface area (Å²) in [6, 6.07) is 14.6. The lowest BCUT2D eigenvalue weighted by Gasteiger charge is -2.26. The molecule has 0 saturated heterocycles. The van der Waals surface area contributed by atoms with Crippen LogP contribution in [0.25, 0.3) is 0 Å². The highest BCUT2D eigenvalue weighted by atomic mass is 32.1. The van der Waals surface area contributed by atoms with Crippen molar-refractivity contribution in [1.29, 1.82) is 0 Å². The normalized spacial score (nSPS) is 15.7. The maximum absolute atomic E-state index is 13.6. The number of hydrogen-bond donors (Lipinski definition) is 1. The van der Waals surface area contributed by atoms with Crippen molar-refractivity contribution in [1.82, 2.24) is 9.88 Å². The molecule has 0 spiro atoms. The predicted molar refractivity (Wildman–Crippen MR) is 134 cm³/mol. The maximum atomic E-state index is 13.6. The number of aromatic nitrogens is 1. The van der Waals surface area contributed by atoms with Crippen LogP contribution in [0.5, 0.6) is 5.75 Å². The highest BCUT2D eigenvalue weighted by Crippen LogP contribution is 2.40. The van der Waals surface area contributed by atoms with Crippen LogP contribution in [-0.4, -0.2) is 46.9 Å². The van der Waals surface area contributed by atoms with Crippen molar-refractivity contribution in [3.8, 4) is 5.75 Å². The number of benzene rings is 2. The highest BCUT2D eigenvalue weighted by molar-refractivity contribution is 7.14. The number of methoxy groups -OCH3 is 1. The van der Waals surface area contributed by atoms with Crippen molar-refractivity contribution in [2.75, 3.05) is 20.3 Å². The summed E-state index contributed by atoms with van der Waals surface area (Å²) in [5.74, 6) is -0.923. The molecule has 1 aliphatic heterocycles. The Hall–Kier alpha value is -3.49. The molecule has 1 amide bonds. The first-order valence-corrected chi connectivity index (χ1v) is 12.1. The molecule has 0 fully saturated rings. The molecule has 182 valence electrons. The van der Waals surface area contributed by atoms with Crippen LogP contribution in [0.1, 0.15) is 43.1 Å². The number of ether oxygens (including phenoxy) is 2. The fourth-order valence-electron chi connectivity index (χ4n) is 4.14. The van der Waals surface area contributed by atoms with Gasteiger partial charge < -0.3 is 19.5 Å². The van der Waals surface area contributed by atoms with Crippen LogP contribution in [0.3, 0.4) is 0 Å². The number of carbonyl (C=O) groups is 2. The molecule has 0 radical (unpaired) electrons. The Balaban J connectivity index is 1.68. The van der Waals surface area contributed by atoms with Gasteiger partial charge in [0.1, 0.15) is 12.4 Å². The van der Waals surface area contributed by atoms with Gasteiger partial charge in [0.2, 0.25) is 5.78 Å². The minimum Gasteiger partial charge on any atom is -0.503 e. The number of aliphatic hydroxyl groups excluding tert-OH is 1. The van der Waals surface area contributed by atoms with E-state index >= 15 is 0 Å². The number of aryl methyl sites for hydroxylation is 3. The molecule has 1 aliphatic rings. The van der Waals surface area contributed by atoms with Crippen LogP contribution in [0, 0.1) is 20.8 Å². The number of aliphatic hydroxyl groups is 1. The third-order valence-corrected chi connectivity index (χ3v) is 6.97. The number of Topliss-reactive ketones (excluding diaryl/α,β-unsaturated/α-hetero) is 1. The van der Waals surface area contributed by atoms with Crippen molar-refractivity contribution in [3.05, 3.63) is 92.1 Å². The maximum Gasteiger partial charge on any atom is 0.290 e. The molecule has 0 aliphatic carbocycles. The average molecular weight is 493 g/mol. The Morgan fingerprint density at radius 3 is 2.54 bits per heavy atom. The number of nitrogens with zero attached hydrogens (tertiary/aromatic N) is 2.